The van der Waals surface area contributed by atoms with E-state index in [9.17, 15) is 14.8 Å². The second-order valence-electron chi connectivity index (χ2n) is 5.37. The van der Waals surface area contributed by atoms with Crippen LogP contribution in [0.5, 0.6) is 0 Å². The Morgan fingerprint density at radius 3 is 2.56 bits per heavy atom. The average Bonchev–Trinajstić information content (AvgIpc) is 2.40. The number of benzene rings is 1. The highest BCUT2D eigenvalue weighted by Crippen LogP contribution is 2.47. The Kier molecular flexibility index (Phi) is 3.68. The van der Waals surface area contributed by atoms with Crippen molar-refractivity contribution < 1.29 is 9.50 Å². The van der Waals surface area contributed by atoms with Crippen LogP contribution in [-0.4, -0.2) is 5.11 Å². The average molecular weight is 247 g/mol. The van der Waals surface area contributed by atoms with Gasteiger partial charge in [-0.05, 0) is 37.7 Å². The number of hydrogen-bond donors (Lipinski definition) is 1. The van der Waals surface area contributed by atoms with Crippen LogP contribution in [0.1, 0.15) is 44.3 Å². The summed E-state index contributed by atoms with van der Waals surface area (Å²) in [7, 11) is 0. The number of aliphatic hydroxyl groups excluding tert-OH is 1. The minimum absolute atomic E-state index is 0.244. The number of hydrogen-bond acceptors (Lipinski definition) is 2. The predicted octanol–water partition coefficient (Wildman–Crippen LogP) is 3.58. The van der Waals surface area contributed by atoms with Gasteiger partial charge in [-0.15, -0.1) is 0 Å². The Morgan fingerprint density at radius 2 is 2.00 bits per heavy atom. The lowest BCUT2D eigenvalue weighted by Crippen LogP contribution is -2.32. The lowest BCUT2D eigenvalue weighted by molar-refractivity contribution is 0.0242. The zero-order valence-corrected chi connectivity index (χ0v) is 10.6. The van der Waals surface area contributed by atoms with Crippen molar-refractivity contribution in [1.29, 1.82) is 5.26 Å². The molecule has 2 nitrogen and oxygen atoms in total. The third-order valence-electron chi connectivity index (χ3n) is 4.11. The molecule has 0 bridgehead atoms. The highest BCUT2D eigenvalue weighted by atomic mass is 19.1. The first-order valence-electron chi connectivity index (χ1n) is 6.43. The molecule has 96 valence electrons. The van der Waals surface area contributed by atoms with Crippen LogP contribution in [-0.2, 0) is 0 Å². The van der Waals surface area contributed by atoms with E-state index in [1.54, 1.807) is 18.2 Å². The van der Waals surface area contributed by atoms with Crippen molar-refractivity contribution in [3.63, 3.8) is 0 Å². The van der Waals surface area contributed by atoms with Crippen LogP contribution in [0.3, 0.4) is 0 Å². The molecule has 0 heterocycles. The molecule has 1 fully saturated rings. The Hall–Kier alpha value is -1.40. The normalized spacial score (nSPS) is 29.6. The Balaban J connectivity index is 2.29. The zero-order chi connectivity index (χ0) is 13.2. The molecule has 1 aliphatic rings. The van der Waals surface area contributed by atoms with Crippen LogP contribution in [0.2, 0.25) is 0 Å². The molecule has 1 aliphatic carbocycles. The molecule has 1 atom stereocenters. The maximum absolute atomic E-state index is 13.7. The van der Waals surface area contributed by atoms with Gasteiger partial charge in [0.05, 0.1) is 11.5 Å². The molecule has 3 heteroatoms. The van der Waals surface area contributed by atoms with E-state index in [-0.39, 0.29) is 5.56 Å². The van der Waals surface area contributed by atoms with Crippen molar-refractivity contribution in [2.24, 2.45) is 11.3 Å². The number of rotatable bonds is 2. The number of nitriles is 1. The van der Waals surface area contributed by atoms with E-state index in [2.05, 4.69) is 13.0 Å². The second kappa shape index (κ2) is 5.07. The maximum atomic E-state index is 13.7. The third-order valence-corrected chi connectivity index (χ3v) is 4.11. The van der Waals surface area contributed by atoms with Crippen molar-refractivity contribution in [2.45, 2.75) is 38.7 Å². The Morgan fingerprint density at radius 1 is 1.39 bits per heavy atom. The first-order chi connectivity index (χ1) is 8.59. The summed E-state index contributed by atoms with van der Waals surface area (Å²) in [5.74, 6) is 0.151. The van der Waals surface area contributed by atoms with Gasteiger partial charge < -0.3 is 5.11 Å². The molecule has 0 aromatic heterocycles. The monoisotopic (exact) mass is 247 g/mol. The van der Waals surface area contributed by atoms with Gasteiger partial charge in [0.25, 0.3) is 0 Å². The van der Waals surface area contributed by atoms with Gasteiger partial charge in [-0.2, -0.15) is 5.26 Å². The van der Waals surface area contributed by atoms with E-state index >= 15 is 0 Å². The minimum atomic E-state index is -1.03. The largest absolute Gasteiger partial charge is 0.387 e. The molecule has 1 aromatic carbocycles. The van der Waals surface area contributed by atoms with Crippen LogP contribution in [0.4, 0.5) is 4.39 Å². The molecule has 0 radical (unpaired) electrons. The molecular formula is C15H18FNO. The fourth-order valence-electron chi connectivity index (χ4n) is 2.72. The molecule has 2 rings (SSSR count). The topological polar surface area (TPSA) is 44.0 Å². The van der Waals surface area contributed by atoms with Gasteiger partial charge in [0.2, 0.25) is 0 Å². The second-order valence-corrected chi connectivity index (χ2v) is 5.37. The van der Waals surface area contributed by atoms with E-state index in [4.69, 9.17) is 0 Å². The summed E-state index contributed by atoms with van der Waals surface area (Å²) in [6.07, 6.45) is 2.08. The van der Waals surface area contributed by atoms with Gasteiger partial charge in [-0.3, -0.25) is 0 Å². The van der Waals surface area contributed by atoms with Gasteiger partial charge in [-0.1, -0.05) is 25.1 Å². The van der Waals surface area contributed by atoms with E-state index in [1.807, 2.05) is 0 Å². The van der Waals surface area contributed by atoms with E-state index in [0.29, 0.717) is 18.8 Å². The van der Waals surface area contributed by atoms with Gasteiger partial charge in [-0.25, -0.2) is 4.39 Å². The minimum Gasteiger partial charge on any atom is -0.387 e. The summed E-state index contributed by atoms with van der Waals surface area (Å²) in [4.78, 5) is 0. The fourth-order valence-corrected chi connectivity index (χ4v) is 2.72. The zero-order valence-electron chi connectivity index (χ0n) is 10.6. The van der Waals surface area contributed by atoms with E-state index in [1.165, 1.54) is 6.07 Å². The Bertz CT molecular complexity index is 458. The summed E-state index contributed by atoms with van der Waals surface area (Å²) in [5, 5.41) is 19.8. The van der Waals surface area contributed by atoms with Crippen LogP contribution >= 0.6 is 0 Å². The molecule has 0 spiro atoms. The van der Waals surface area contributed by atoms with Gasteiger partial charge in [0, 0.05) is 5.56 Å². The number of halogens is 1. The highest BCUT2D eigenvalue weighted by molar-refractivity contribution is 5.25. The summed E-state index contributed by atoms with van der Waals surface area (Å²) >= 11 is 0. The van der Waals surface area contributed by atoms with E-state index in [0.717, 1.165) is 12.8 Å². The van der Waals surface area contributed by atoms with Crippen molar-refractivity contribution >= 4 is 0 Å². The van der Waals surface area contributed by atoms with Crippen molar-refractivity contribution in [3.8, 4) is 6.07 Å². The van der Waals surface area contributed by atoms with Crippen LogP contribution in [0.25, 0.3) is 0 Å². The quantitative estimate of drug-likeness (QED) is 0.868. The molecule has 0 amide bonds. The summed E-state index contributed by atoms with van der Waals surface area (Å²) in [6, 6.07) is 8.43. The SMILES string of the molecule is CC1CCC(C#N)(C(O)c2ccccc2F)CC1. The van der Waals surface area contributed by atoms with Crippen LogP contribution < -0.4 is 0 Å². The van der Waals surface area contributed by atoms with Crippen LogP contribution in [0.15, 0.2) is 24.3 Å². The van der Waals surface area contributed by atoms with Crippen LogP contribution in [0, 0.1) is 28.5 Å². The number of nitrogens with zero attached hydrogens (tertiary/aromatic N) is 1. The summed E-state index contributed by atoms with van der Waals surface area (Å²) in [6.45, 7) is 2.15. The molecular weight excluding hydrogens is 229 g/mol. The molecule has 0 aliphatic heterocycles. The molecule has 1 unspecified atom stereocenters. The summed E-state index contributed by atoms with van der Waals surface area (Å²) < 4.78 is 13.7. The third kappa shape index (κ3) is 2.26. The van der Waals surface area contributed by atoms with Gasteiger partial charge in [0.15, 0.2) is 0 Å². The number of aliphatic hydroxyl groups is 1. The molecule has 1 N–H and O–H groups in total. The first-order valence-corrected chi connectivity index (χ1v) is 6.43. The van der Waals surface area contributed by atoms with Crippen molar-refractivity contribution in [1.82, 2.24) is 0 Å². The molecule has 1 aromatic rings. The lowest BCUT2D eigenvalue weighted by atomic mass is 9.67. The summed E-state index contributed by atoms with van der Waals surface area (Å²) in [5.41, 5.74) is -0.581. The highest BCUT2D eigenvalue weighted by Gasteiger charge is 2.42. The standard InChI is InChI=1S/C15H18FNO/c1-11-6-8-15(10-17,9-7-11)14(18)12-4-2-3-5-13(12)16/h2-5,11,14,18H,6-9H2,1H3. The van der Waals surface area contributed by atoms with Gasteiger partial charge in [0.1, 0.15) is 11.9 Å². The van der Waals surface area contributed by atoms with Gasteiger partial charge >= 0.3 is 0 Å². The lowest BCUT2D eigenvalue weighted by Gasteiger charge is -2.37. The first kappa shape index (κ1) is 13.0. The van der Waals surface area contributed by atoms with E-state index < -0.39 is 17.3 Å². The Labute approximate surface area is 107 Å². The molecule has 1 saturated carbocycles. The fraction of sp³-hybridized carbons (Fsp3) is 0.533. The predicted molar refractivity (Wildman–Crippen MR) is 67.0 cm³/mol. The van der Waals surface area contributed by atoms with Crippen molar-refractivity contribution in [2.75, 3.05) is 0 Å². The maximum Gasteiger partial charge on any atom is 0.129 e. The van der Waals surface area contributed by atoms with Crippen molar-refractivity contribution in [3.05, 3.63) is 35.6 Å². The molecule has 18 heavy (non-hydrogen) atoms. The smallest absolute Gasteiger partial charge is 0.129 e. The molecule has 0 saturated heterocycles.